The van der Waals surface area contributed by atoms with E-state index >= 15 is 0 Å². The Morgan fingerprint density at radius 2 is 1.93 bits per heavy atom. The van der Waals surface area contributed by atoms with Crippen molar-refractivity contribution in [2.45, 2.75) is 19.0 Å². The maximum absolute atomic E-state index is 13.2. The molecule has 2 aromatic rings. The maximum Gasteiger partial charge on any atom is 0.417 e. The van der Waals surface area contributed by atoms with Crippen LogP contribution < -0.4 is 10.2 Å². The fourth-order valence-corrected chi connectivity index (χ4v) is 3.21. The van der Waals surface area contributed by atoms with Crippen LogP contribution in [0.2, 0.25) is 0 Å². The lowest BCUT2D eigenvalue weighted by atomic mass is 10.2. The molecule has 29 heavy (non-hydrogen) atoms. The summed E-state index contributed by atoms with van der Waals surface area (Å²) >= 11 is 0. The Balaban J connectivity index is 1.47. The van der Waals surface area contributed by atoms with Gasteiger partial charge in [0.1, 0.15) is 11.6 Å². The van der Waals surface area contributed by atoms with Crippen molar-refractivity contribution in [2.24, 2.45) is 0 Å². The van der Waals surface area contributed by atoms with Crippen molar-refractivity contribution in [2.75, 3.05) is 42.9 Å². The molecule has 1 fully saturated rings. The second-order valence-electron chi connectivity index (χ2n) is 6.89. The highest BCUT2D eigenvalue weighted by atomic mass is 19.4. The van der Waals surface area contributed by atoms with Gasteiger partial charge in [0, 0.05) is 44.5 Å². The van der Waals surface area contributed by atoms with E-state index in [1.165, 1.54) is 24.3 Å². The third-order valence-electron chi connectivity index (χ3n) is 4.75. The summed E-state index contributed by atoms with van der Waals surface area (Å²) in [4.78, 5) is 20.1. The summed E-state index contributed by atoms with van der Waals surface area (Å²) in [5.74, 6) is -0.0860. The molecule has 0 aliphatic carbocycles. The van der Waals surface area contributed by atoms with Crippen LogP contribution in [0.3, 0.4) is 0 Å². The number of halogens is 4. The van der Waals surface area contributed by atoms with E-state index < -0.39 is 17.6 Å². The fourth-order valence-electron chi connectivity index (χ4n) is 3.21. The fraction of sp³-hybridized carbons (Fsp3) is 0.400. The molecule has 1 saturated heterocycles. The molecular weight excluding hydrogens is 388 g/mol. The number of benzene rings is 1. The number of rotatable bonds is 5. The van der Waals surface area contributed by atoms with Crippen molar-refractivity contribution < 1.29 is 22.4 Å². The van der Waals surface area contributed by atoms with E-state index in [4.69, 9.17) is 0 Å². The molecule has 1 N–H and O–H groups in total. The van der Waals surface area contributed by atoms with Crippen molar-refractivity contribution >= 4 is 17.4 Å². The summed E-state index contributed by atoms with van der Waals surface area (Å²) in [7, 11) is 0. The molecular formula is C20H22F4N4O. The summed E-state index contributed by atoms with van der Waals surface area (Å²) < 4.78 is 51.2. The van der Waals surface area contributed by atoms with E-state index in [1.807, 2.05) is 4.90 Å². The molecule has 0 bridgehead atoms. The van der Waals surface area contributed by atoms with E-state index in [0.717, 1.165) is 25.2 Å². The van der Waals surface area contributed by atoms with Crippen LogP contribution in [0.15, 0.2) is 42.6 Å². The van der Waals surface area contributed by atoms with Crippen molar-refractivity contribution in [3.63, 3.8) is 0 Å². The SMILES string of the molecule is O=C(CCN1CCCN(c2ccc(C(F)(F)F)cn2)CC1)Nc1cccc(F)c1. The highest BCUT2D eigenvalue weighted by molar-refractivity contribution is 5.90. The Hall–Kier alpha value is -2.68. The van der Waals surface area contributed by atoms with E-state index in [0.29, 0.717) is 37.7 Å². The van der Waals surface area contributed by atoms with Gasteiger partial charge >= 0.3 is 6.18 Å². The summed E-state index contributed by atoms with van der Waals surface area (Å²) in [5.41, 5.74) is -0.340. The zero-order valence-electron chi connectivity index (χ0n) is 15.8. The summed E-state index contributed by atoms with van der Waals surface area (Å²) in [6.45, 7) is 3.31. The van der Waals surface area contributed by atoms with Gasteiger partial charge in [-0.3, -0.25) is 4.79 Å². The maximum atomic E-state index is 13.2. The van der Waals surface area contributed by atoms with Gasteiger partial charge in [0.25, 0.3) is 0 Å². The van der Waals surface area contributed by atoms with Crippen LogP contribution in [0.25, 0.3) is 0 Å². The van der Waals surface area contributed by atoms with Gasteiger partial charge in [-0.1, -0.05) is 6.07 Å². The van der Waals surface area contributed by atoms with Crippen LogP contribution >= 0.6 is 0 Å². The number of carbonyl (C=O) groups is 1. The first-order valence-electron chi connectivity index (χ1n) is 9.37. The number of anilines is 2. The lowest BCUT2D eigenvalue weighted by Crippen LogP contribution is -2.33. The summed E-state index contributed by atoms with van der Waals surface area (Å²) in [5, 5.41) is 2.67. The van der Waals surface area contributed by atoms with Crippen molar-refractivity contribution in [1.29, 1.82) is 0 Å². The number of amides is 1. The number of nitrogens with one attached hydrogen (secondary N) is 1. The topological polar surface area (TPSA) is 48.5 Å². The van der Waals surface area contributed by atoms with Crippen LogP contribution in [0.4, 0.5) is 29.1 Å². The normalized spacial score (nSPS) is 15.8. The molecule has 2 heterocycles. The molecule has 5 nitrogen and oxygen atoms in total. The van der Waals surface area contributed by atoms with Gasteiger partial charge in [-0.05, 0) is 43.3 Å². The molecule has 0 radical (unpaired) electrons. The zero-order chi connectivity index (χ0) is 20.9. The number of alkyl halides is 3. The number of hydrogen-bond acceptors (Lipinski definition) is 4. The standard InChI is InChI=1S/C20H22F4N4O/c21-16-3-1-4-17(13-16)26-19(29)7-10-27-8-2-9-28(12-11-27)18-6-5-15(14-25-18)20(22,23)24/h1,3-6,13-14H,2,7-12H2,(H,26,29). The van der Waals surface area contributed by atoms with Gasteiger partial charge in [0.05, 0.1) is 5.56 Å². The van der Waals surface area contributed by atoms with Crippen LogP contribution in [-0.4, -0.2) is 48.5 Å². The van der Waals surface area contributed by atoms with Gasteiger partial charge in [-0.2, -0.15) is 13.2 Å². The average Bonchev–Trinajstić information content (AvgIpc) is 2.91. The van der Waals surface area contributed by atoms with E-state index in [2.05, 4.69) is 15.2 Å². The second kappa shape index (κ2) is 9.21. The number of pyridine rings is 1. The Morgan fingerprint density at radius 3 is 2.62 bits per heavy atom. The summed E-state index contributed by atoms with van der Waals surface area (Å²) in [6.07, 6.45) is -2.45. The monoisotopic (exact) mass is 410 g/mol. The number of aromatic nitrogens is 1. The van der Waals surface area contributed by atoms with Gasteiger partial charge in [0.2, 0.25) is 5.91 Å². The third-order valence-corrected chi connectivity index (χ3v) is 4.75. The predicted octanol–water partition coefficient (Wildman–Crippen LogP) is 3.78. The molecule has 0 saturated carbocycles. The molecule has 0 atom stereocenters. The Bertz CT molecular complexity index is 826. The van der Waals surface area contributed by atoms with E-state index in [-0.39, 0.29) is 12.3 Å². The van der Waals surface area contributed by atoms with Crippen molar-refractivity contribution in [3.05, 3.63) is 54.0 Å². The molecule has 0 unspecified atom stereocenters. The van der Waals surface area contributed by atoms with E-state index in [9.17, 15) is 22.4 Å². The molecule has 1 aliphatic rings. The van der Waals surface area contributed by atoms with Gasteiger partial charge in [-0.25, -0.2) is 9.37 Å². The molecule has 1 aromatic carbocycles. The van der Waals surface area contributed by atoms with Crippen LogP contribution in [0, 0.1) is 5.82 Å². The van der Waals surface area contributed by atoms with E-state index in [1.54, 1.807) is 6.07 Å². The first-order chi connectivity index (χ1) is 13.8. The largest absolute Gasteiger partial charge is 0.417 e. The highest BCUT2D eigenvalue weighted by Crippen LogP contribution is 2.29. The van der Waals surface area contributed by atoms with Gasteiger partial charge in [-0.15, -0.1) is 0 Å². The number of hydrogen-bond donors (Lipinski definition) is 1. The first-order valence-corrected chi connectivity index (χ1v) is 9.37. The van der Waals surface area contributed by atoms with Crippen molar-refractivity contribution in [1.82, 2.24) is 9.88 Å². The van der Waals surface area contributed by atoms with Gasteiger partial charge in [0.15, 0.2) is 0 Å². The Labute approximate surface area is 166 Å². The molecule has 1 aromatic heterocycles. The molecule has 156 valence electrons. The number of nitrogens with zero attached hydrogens (tertiary/aromatic N) is 3. The van der Waals surface area contributed by atoms with Crippen LogP contribution in [-0.2, 0) is 11.0 Å². The highest BCUT2D eigenvalue weighted by Gasteiger charge is 2.31. The average molecular weight is 410 g/mol. The minimum atomic E-state index is -4.40. The molecule has 1 aliphatic heterocycles. The smallest absolute Gasteiger partial charge is 0.355 e. The molecule has 9 heteroatoms. The Morgan fingerprint density at radius 1 is 1.10 bits per heavy atom. The van der Waals surface area contributed by atoms with Gasteiger partial charge < -0.3 is 15.1 Å². The predicted molar refractivity (Wildman–Crippen MR) is 102 cm³/mol. The third kappa shape index (κ3) is 6.15. The summed E-state index contributed by atoms with van der Waals surface area (Å²) in [6, 6.07) is 8.17. The molecule has 3 rings (SSSR count). The molecule has 1 amide bonds. The zero-order valence-corrected chi connectivity index (χ0v) is 15.8. The molecule has 0 spiro atoms. The quantitative estimate of drug-likeness (QED) is 0.763. The van der Waals surface area contributed by atoms with Crippen molar-refractivity contribution in [3.8, 4) is 0 Å². The lowest BCUT2D eigenvalue weighted by Gasteiger charge is -2.23. The minimum Gasteiger partial charge on any atom is -0.355 e. The lowest BCUT2D eigenvalue weighted by molar-refractivity contribution is -0.137. The number of carbonyl (C=O) groups excluding carboxylic acids is 1. The van der Waals surface area contributed by atoms with Crippen LogP contribution in [0.1, 0.15) is 18.4 Å². The minimum absolute atomic E-state index is 0.193. The first kappa shape index (κ1) is 21.0. The second-order valence-corrected chi connectivity index (χ2v) is 6.89. The Kier molecular flexibility index (Phi) is 6.68. The van der Waals surface area contributed by atoms with Crippen LogP contribution in [0.5, 0.6) is 0 Å².